The highest BCUT2D eigenvalue weighted by molar-refractivity contribution is 7.14. The van der Waals surface area contributed by atoms with E-state index in [1.165, 1.54) is 35.6 Å². The number of hydrogen-bond acceptors (Lipinski definition) is 8. The molecule has 3 aromatic carbocycles. The minimum atomic E-state index is -3.13. The van der Waals surface area contributed by atoms with E-state index in [-0.39, 0.29) is 29.3 Å². The van der Waals surface area contributed by atoms with Crippen LogP contribution in [0, 0.1) is 34.0 Å². The third-order valence-electron chi connectivity index (χ3n) is 7.81. The number of hydrogen-bond donors (Lipinski definition) is 0. The second kappa shape index (κ2) is 18.4. The summed E-state index contributed by atoms with van der Waals surface area (Å²) in [4.78, 5) is 3.43. The van der Waals surface area contributed by atoms with Crippen LogP contribution in [-0.2, 0) is 4.43 Å². The number of halogens is 6. The topological polar surface area (TPSA) is 102 Å². The maximum Gasteiger partial charge on any atom is 0.344 e. The van der Waals surface area contributed by atoms with Crippen molar-refractivity contribution in [3.63, 3.8) is 0 Å². The smallest absolute Gasteiger partial charge is 0.344 e. The molecule has 0 aliphatic carbocycles. The molecule has 1 heterocycles. The first-order valence-corrected chi connectivity index (χ1v) is 18.8. The number of allylic oxidation sites excluding steroid dienone is 2. The van der Waals surface area contributed by atoms with Crippen molar-refractivity contribution in [2.24, 2.45) is 0 Å². The van der Waals surface area contributed by atoms with Gasteiger partial charge in [0.1, 0.15) is 35.3 Å². The van der Waals surface area contributed by atoms with Gasteiger partial charge in [-0.3, -0.25) is 0 Å². The molecule has 0 saturated carbocycles. The number of thiophene rings is 1. The SMILES string of the molecule is CCN(CCO[Si](C)(c1ccc(OC(F)=C(F)F)cc1)c1ccc(OC(F)=C(F)F)cc1)c1ccc(/C=C/c2ccc(C(C#N)=C(C#N)C#N)s2)cc1. The average molecular weight is 763 g/mol. The van der Waals surface area contributed by atoms with E-state index in [2.05, 4.69) is 14.4 Å². The number of ether oxygens (including phenoxy) is 2. The van der Waals surface area contributed by atoms with Gasteiger partial charge in [0.2, 0.25) is 0 Å². The van der Waals surface area contributed by atoms with Crippen molar-refractivity contribution >= 4 is 53.4 Å². The maximum atomic E-state index is 13.4. The summed E-state index contributed by atoms with van der Waals surface area (Å²) in [6, 6.07) is 24.1. The molecule has 0 fully saturated rings. The van der Waals surface area contributed by atoms with Gasteiger partial charge >= 0.3 is 24.2 Å². The summed E-state index contributed by atoms with van der Waals surface area (Å²) in [5, 5.41) is 29.0. The summed E-state index contributed by atoms with van der Waals surface area (Å²) in [5.41, 5.74) is 1.60. The second-order valence-electron chi connectivity index (χ2n) is 11.0. The van der Waals surface area contributed by atoms with Crippen LogP contribution in [0.4, 0.5) is 32.0 Å². The Morgan fingerprint density at radius 1 is 0.717 bits per heavy atom. The van der Waals surface area contributed by atoms with Gasteiger partial charge in [0.15, 0.2) is 0 Å². The molecule has 0 atom stereocenters. The van der Waals surface area contributed by atoms with Gasteiger partial charge < -0.3 is 18.8 Å². The summed E-state index contributed by atoms with van der Waals surface area (Å²) >= 11 is 1.28. The summed E-state index contributed by atoms with van der Waals surface area (Å²) in [6.45, 7) is 5.14. The van der Waals surface area contributed by atoms with Gasteiger partial charge in [-0.25, -0.2) is 0 Å². The molecule has 7 nitrogen and oxygen atoms in total. The Hall–Kier alpha value is -6.05. The molecule has 4 aromatic rings. The van der Waals surface area contributed by atoms with Crippen molar-refractivity contribution in [2.75, 3.05) is 24.6 Å². The van der Waals surface area contributed by atoms with E-state index in [4.69, 9.17) is 14.9 Å². The lowest BCUT2D eigenvalue weighted by atomic mass is 10.1. The fourth-order valence-corrected chi connectivity index (χ4v) is 8.74. The van der Waals surface area contributed by atoms with Crippen molar-refractivity contribution in [2.45, 2.75) is 13.5 Å². The second-order valence-corrected chi connectivity index (χ2v) is 15.6. The molecule has 0 spiro atoms. The normalized spacial score (nSPS) is 10.8. The number of likely N-dealkylation sites (N-methyl/N-ethyl adjacent to an activating group) is 1. The Balaban J connectivity index is 1.50. The zero-order chi connectivity index (χ0) is 38.5. The third-order valence-corrected chi connectivity index (χ3v) is 12.5. The first-order chi connectivity index (χ1) is 25.4. The van der Waals surface area contributed by atoms with E-state index in [1.807, 2.05) is 56.0 Å². The Bertz CT molecular complexity index is 2070. The van der Waals surface area contributed by atoms with Crippen LogP contribution in [0.2, 0.25) is 6.55 Å². The van der Waals surface area contributed by atoms with Gasteiger partial charge in [0, 0.05) is 28.5 Å². The van der Waals surface area contributed by atoms with Gasteiger partial charge in [0.05, 0.1) is 12.2 Å². The van der Waals surface area contributed by atoms with Crippen LogP contribution in [0.1, 0.15) is 22.2 Å². The fraction of sp³-hybridized carbons (Fsp3) is 0.132. The highest BCUT2D eigenvalue weighted by Gasteiger charge is 2.34. The molecule has 4 rings (SSSR count). The summed E-state index contributed by atoms with van der Waals surface area (Å²) < 4.78 is 92.7. The Labute approximate surface area is 306 Å². The monoisotopic (exact) mass is 762 g/mol. The standard InChI is InChI=1S/C38H28F6N4O3SSi/c1-3-48(27-7-4-25(5-8-27)6-13-30-14-19-34(52-30)33(24-47)26(22-45)23-46)20-21-49-53(2,31-15-9-28(10-16-31)50-37(43)35(39)40)32-17-11-29(12-18-32)51-38(44)36(41)42/h4-19H,3,20-21H2,1-2H3/b13-6+. The Morgan fingerprint density at radius 3 is 1.70 bits per heavy atom. The summed E-state index contributed by atoms with van der Waals surface area (Å²) in [5.74, 6) is -0.333. The van der Waals surface area contributed by atoms with Crippen molar-refractivity contribution in [3.8, 4) is 29.7 Å². The first kappa shape index (κ1) is 39.7. The minimum absolute atomic E-state index is 0.0327. The van der Waals surface area contributed by atoms with Crippen LogP contribution >= 0.6 is 11.3 Å². The molecule has 0 aliphatic rings. The predicted molar refractivity (Wildman–Crippen MR) is 193 cm³/mol. The molecule has 15 heteroatoms. The molecule has 270 valence electrons. The number of nitrogens with zero attached hydrogens (tertiary/aromatic N) is 4. The molecule has 0 unspecified atom stereocenters. The zero-order valence-corrected chi connectivity index (χ0v) is 29.9. The largest absolute Gasteiger partial charge is 0.428 e. The fourth-order valence-electron chi connectivity index (χ4n) is 5.05. The lowest BCUT2D eigenvalue weighted by Gasteiger charge is -2.31. The average Bonchev–Trinajstić information content (AvgIpc) is 3.63. The molecule has 0 N–H and O–H groups in total. The molecular formula is C38H28F6N4O3SSi. The van der Waals surface area contributed by atoms with Crippen molar-refractivity contribution in [3.05, 3.63) is 130 Å². The number of rotatable bonds is 15. The Morgan fingerprint density at radius 2 is 1.25 bits per heavy atom. The quantitative estimate of drug-likeness (QED) is 0.0515. The lowest BCUT2D eigenvalue weighted by Crippen LogP contribution is -2.59. The van der Waals surface area contributed by atoms with Crippen LogP contribution < -0.4 is 24.7 Å². The molecule has 0 bridgehead atoms. The Kier molecular flexibility index (Phi) is 13.8. The van der Waals surface area contributed by atoms with E-state index in [1.54, 1.807) is 48.5 Å². The molecular weight excluding hydrogens is 735 g/mol. The minimum Gasteiger partial charge on any atom is -0.428 e. The van der Waals surface area contributed by atoms with Crippen LogP contribution in [-0.4, -0.2) is 28.0 Å². The van der Waals surface area contributed by atoms with E-state index >= 15 is 0 Å². The van der Waals surface area contributed by atoms with E-state index in [0.29, 0.717) is 28.3 Å². The number of anilines is 1. The molecule has 0 aliphatic heterocycles. The summed E-state index contributed by atoms with van der Waals surface area (Å²) in [6.07, 6.45) is -1.44. The van der Waals surface area contributed by atoms with Crippen LogP contribution in [0.5, 0.6) is 11.5 Å². The van der Waals surface area contributed by atoms with Crippen molar-refractivity contribution in [1.29, 1.82) is 15.8 Å². The van der Waals surface area contributed by atoms with E-state index in [0.717, 1.165) is 16.1 Å². The molecule has 53 heavy (non-hydrogen) atoms. The van der Waals surface area contributed by atoms with Crippen LogP contribution in [0.3, 0.4) is 0 Å². The molecule has 1 aromatic heterocycles. The van der Waals surface area contributed by atoms with Gasteiger partial charge in [0.25, 0.3) is 8.32 Å². The molecule has 0 saturated heterocycles. The third kappa shape index (κ3) is 10.3. The van der Waals surface area contributed by atoms with Crippen LogP contribution in [0.15, 0.2) is 115 Å². The van der Waals surface area contributed by atoms with Gasteiger partial charge in [-0.05, 0) is 84.0 Å². The van der Waals surface area contributed by atoms with E-state index < -0.39 is 32.5 Å². The van der Waals surface area contributed by atoms with Crippen LogP contribution in [0.25, 0.3) is 17.7 Å². The van der Waals surface area contributed by atoms with Crippen molar-refractivity contribution < 1.29 is 40.2 Å². The predicted octanol–water partition coefficient (Wildman–Crippen LogP) is 9.30. The highest BCUT2D eigenvalue weighted by Crippen LogP contribution is 2.28. The first-order valence-electron chi connectivity index (χ1n) is 15.6. The summed E-state index contributed by atoms with van der Waals surface area (Å²) in [7, 11) is -3.13. The maximum absolute atomic E-state index is 13.4. The lowest BCUT2D eigenvalue weighted by molar-refractivity contribution is 0.241. The zero-order valence-electron chi connectivity index (χ0n) is 28.0. The number of benzene rings is 3. The molecule has 0 radical (unpaired) electrons. The van der Waals surface area contributed by atoms with Crippen molar-refractivity contribution in [1.82, 2.24) is 0 Å². The van der Waals surface area contributed by atoms with E-state index in [9.17, 15) is 31.6 Å². The molecule has 0 amide bonds. The highest BCUT2D eigenvalue weighted by atomic mass is 32.1. The van der Waals surface area contributed by atoms with Gasteiger partial charge in [-0.15, -0.1) is 11.3 Å². The number of nitriles is 3. The van der Waals surface area contributed by atoms with Gasteiger partial charge in [-0.1, -0.05) is 42.5 Å². The van der Waals surface area contributed by atoms with Gasteiger partial charge in [-0.2, -0.15) is 42.1 Å².